The Morgan fingerprint density at radius 2 is 1.85 bits per heavy atom. The molecule has 0 saturated heterocycles. The third kappa shape index (κ3) is 2.77. The second-order valence-electron chi connectivity index (χ2n) is 3.13. The van der Waals surface area contributed by atoms with Crippen molar-refractivity contribution in [3.8, 4) is 0 Å². The molecule has 0 aliphatic carbocycles. The van der Waals surface area contributed by atoms with Gasteiger partial charge in [-0.25, -0.2) is 4.79 Å². The molecule has 0 aliphatic heterocycles. The zero-order chi connectivity index (χ0) is 9.90. The van der Waals surface area contributed by atoms with Crippen molar-refractivity contribution in [2.45, 2.75) is 12.7 Å². The summed E-state index contributed by atoms with van der Waals surface area (Å²) in [7, 11) is -2.34. The standard InChI is InChI=1S/C10H13O2S/c1-9(11)13(2,12)8-10-6-4-3-5-7-10/h3-7H,8H2,1-2H3/q+1. The quantitative estimate of drug-likeness (QED) is 0.678. The van der Waals surface area contributed by atoms with Crippen LogP contribution in [-0.4, -0.2) is 11.4 Å². The van der Waals surface area contributed by atoms with E-state index >= 15 is 0 Å². The van der Waals surface area contributed by atoms with Crippen LogP contribution in [0.3, 0.4) is 0 Å². The number of benzene rings is 1. The lowest BCUT2D eigenvalue weighted by molar-refractivity contribution is -0.109. The molecule has 0 spiro atoms. The van der Waals surface area contributed by atoms with Crippen LogP contribution < -0.4 is 0 Å². The molecule has 1 unspecified atom stereocenters. The molecule has 0 heterocycles. The highest BCUT2D eigenvalue weighted by atomic mass is 32.2. The van der Waals surface area contributed by atoms with Crippen molar-refractivity contribution in [1.29, 1.82) is 0 Å². The highest BCUT2D eigenvalue weighted by molar-refractivity contribution is 8.15. The lowest BCUT2D eigenvalue weighted by Crippen LogP contribution is -2.19. The molecule has 1 aromatic carbocycles. The minimum absolute atomic E-state index is 0.226. The zero-order valence-corrected chi connectivity index (χ0v) is 8.64. The van der Waals surface area contributed by atoms with E-state index in [0.29, 0.717) is 5.75 Å². The first-order valence-corrected chi connectivity index (χ1v) is 6.17. The number of hydrogen-bond donors (Lipinski definition) is 0. The van der Waals surface area contributed by atoms with Crippen LogP contribution in [-0.2, 0) is 24.7 Å². The van der Waals surface area contributed by atoms with Crippen LogP contribution in [0.25, 0.3) is 0 Å². The Morgan fingerprint density at radius 1 is 1.31 bits per heavy atom. The Kier molecular flexibility index (Phi) is 2.98. The van der Waals surface area contributed by atoms with Crippen LogP contribution in [0.2, 0.25) is 0 Å². The minimum Gasteiger partial charge on any atom is -0.238 e. The first kappa shape index (κ1) is 10.1. The molecule has 0 fully saturated rings. The molecular formula is C10H13O2S+. The minimum atomic E-state index is -2.34. The molecule has 1 rings (SSSR count). The van der Waals surface area contributed by atoms with Gasteiger partial charge < -0.3 is 0 Å². The first-order valence-electron chi connectivity index (χ1n) is 4.04. The van der Waals surface area contributed by atoms with Crippen LogP contribution in [0.4, 0.5) is 0 Å². The molecule has 13 heavy (non-hydrogen) atoms. The van der Waals surface area contributed by atoms with Crippen molar-refractivity contribution in [2.75, 3.05) is 6.26 Å². The van der Waals surface area contributed by atoms with Crippen molar-refractivity contribution in [2.24, 2.45) is 0 Å². The van der Waals surface area contributed by atoms with Gasteiger partial charge in [-0.05, 0) is 0 Å². The predicted octanol–water partition coefficient (Wildman–Crippen LogP) is 1.86. The van der Waals surface area contributed by atoms with Gasteiger partial charge in [-0.2, -0.15) is 0 Å². The van der Waals surface area contributed by atoms with Gasteiger partial charge in [0.25, 0.3) is 0 Å². The molecule has 70 valence electrons. The summed E-state index contributed by atoms with van der Waals surface area (Å²) in [4.78, 5) is 11.0. The van der Waals surface area contributed by atoms with Crippen LogP contribution >= 0.6 is 0 Å². The monoisotopic (exact) mass is 197 g/mol. The van der Waals surface area contributed by atoms with Gasteiger partial charge in [-0.1, -0.05) is 34.5 Å². The van der Waals surface area contributed by atoms with E-state index < -0.39 is 9.93 Å². The molecule has 1 aromatic rings. The Morgan fingerprint density at radius 3 is 2.31 bits per heavy atom. The summed E-state index contributed by atoms with van der Waals surface area (Å²) in [5.74, 6) is 0.350. The third-order valence-electron chi connectivity index (χ3n) is 1.89. The van der Waals surface area contributed by atoms with Gasteiger partial charge in [0.2, 0.25) is 0 Å². The predicted molar refractivity (Wildman–Crippen MR) is 54.8 cm³/mol. The average Bonchev–Trinajstić information content (AvgIpc) is 2.05. The Hall–Kier alpha value is -0.960. The lowest BCUT2D eigenvalue weighted by Gasteiger charge is -2.02. The van der Waals surface area contributed by atoms with Crippen LogP contribution in [0.15, 0.2) is 30.3 Å². The highest BCUT2D eigenvalue weighted by Crippen LogP contribution is 2.11. The molecule has 1 atom stereocenters. The van der Waals surface area contributed by atoms with E-state index in [1.165, 1.54) is 13.2 Å². The third-order valence-corrected chi connectivity index (χ3v) is 3.99. The van der Waals surface area contributed by atoms with E-state index in [2.05, 4.69) is 0 Å². The maximum Gasteiger partial charge on any atom is 0.330 e. The van der Waals surface area contributed by atoms with Gasteiger partial charge in [0, 0.05) is 12.5 Å². The Bertz CT molecular complexity index is 343. The molecule has 0 aromatic heterocycles. The Balaban J connectivity index is 2.82. The van der Waals surface area contributed by atoms with Gasteiger partial charge in [-0.15, -0.1) is 0 Å². The summed E-state index contributed by atoms with van der Waals surface area (Å²) in [5, 5.41) is -0.226. The van der Waals surface area contributed by atoms with Crippen molar-refractivity contribution < 1.29 is 9.00 Å². The summed E-state index contributed by atoms with van der Waals surface area (Å²) >= 11 is 0. The largest absolute Gasteiger partial charge is 0.330 e. The molecule has 0 saturated carbocycles. The van der Waals surface area contributed by atoms with Crippen LogP contribution in [0, 0.1) is 0 Å². The molecule has 0 N–H and O–H groups in total. The SMILES string of the molecule is CC(=O)[S+](C)(=O)Cc1ccccc1. The maximum absolute atomic E-state index is 11.7. The summed E-state index contributed by atoms with van der Waals surface area (Å²) < 4.78 is 11.7. The number of rotatable bonds is 2. The number of hydrogen-bond acceptors (Lipinski definition) is 2. The van der Waals surface area contributed by atoms with E-state index in [1.54, 1.807) is 0 Å². The molecule has 2 nitrogen and oxygen atoms in total. The summed E-state index contributed by atoms with van der Waals surface area (Å²) in [6, 6.07) is 9.42. The molecule has 0 radical (unpaired) electrons. The fourth-order valence-corrected chi connectivity index (χ4v) is 2.03. The van der Waals surface area contributed by atoms with Crippen molar-refractivity contribution in [1.82, 2.24) is 0 Å². The number of carbonyl (C=O) groups excluding carboxylic acids is 1. The molecule has 0 bridgehead atoms. The van der Waals surface area contributed by atoms with E-state index in [4.69, 9.17) is 0 Å². The van der Waals surface area contributed by atoms with Gasteiger partial charge in [0.05, 0.1) is 0 Å². The average molecular weight is 197 g/mol. The summed E-state index contributed by atoms with van der Waals surface area (Å²) in [6.45, 7) is 1.38. The molecular weight excluding hydrogens is 184 g/mol. The maximum atomic E-state index is 11.7. The van der Waals surface area contributed by atoms with Gasteiger partial charge in [0.15, 0.2) is 9.93 Å². The smallest absolute Gasteiger partial charge is 0.238 e. The second kappa shape index (κ2) is 3.83. The molecule has 3 heteroatoms. The topological polar surface area (TPSA) is 34.1 Å². The van der Waals surface area contributed by atoms with E-state index in [-0.39, 0.29) is 5.12 Å². The van der Waals surface area contributed by atoms with Crippen LogP contribution in [0.5, 0.6) is 0 Å². The van der Waals surface area contributed by atoms with Crippen molar-refractivity contribution in [3.63, 3.8) is 0 Å². The van der Waals surface area contributed by atoms with Crippen molar-refractivity contribution in [3.05, 3.63) is 35.9 Å². The Labute approximate surface area is 79.4 Å². The molecule has 0 amide bonds. The second-order valence-corrected chi connectivity index (χ2v) is 6.00. The fraction of sp³-hybridized carbons (Fsp3) is 0.300. The van der Waals surface area contributed by atoms with E-state index in [0.717, 1.165) is 5.56 Å². The van der Waals surface area contributed by atoms with E-state index in [1.807, 2.05) is 30.3 Å². The van der Waals surface area contributed by atoms with E-state index in [9.17, 15) is 9.00 Å². The van der Waals surface area contributed by atoms with Gasteiger partial charge in [0.1, 0.15) is 12.0 Å². The first-order chi connectivity index (χ1) is 6.02. The summed E-state index contributed by atoms with van der Waals surface area (Å²) in [6.07, 6.45) is 1.52. The summed E-state index contributed by atoms with van der Waals surface area (Å²) in [5.41, 5.74) is 0.949. The van der Waals surface area contributed by atoms with Crippen LogP contribution in [0.1, 0.15) is 12.5 Å². The normalized spacial score (nSPS) is 14.9. The highest BCUT2D eigenvalue weighted by Gasteiger charge is 2.27. The number of carbonyl (C=O) groups is 1. The molecule has 0 aliphatic rings. The van der Waals surface area contributed by atoms with Gasteiger partial charge >= 0.3 is 5.12 Å². The lowest BCUT2D eigenvalue weighted by atomic mass is 10.2. The van der Waals surface area contributed by atoms with Gasteiger partial charge in [-0.3, -0.25) is 0 Å². The fourth-order valence-electron chi connectivity index (χ4n) is 0.994. The van der Waals surface area contributed by atoms with Crippen molar-refractivity contribution >= 4 is 15.0 Å². The zero-order valence-electron chi connectivity index (χ0n) is 7.82.